The van der Waals surface area contributed by atoms with Crippen molar-refractivity contribution in [2.45, 2.75) is 27.2 Å². The fraction of sp³-hybridized carbons (Fsp3) is 0.231. The first-order valence-corrected chi connectivity index (χ1v) is 10.3. The van der Waals surface area contributed by atoms with Gasteiger partial charge in [-0.15, -0.1) is 0 Å². The summed E-state index contributed by atoms with van der Waals surface area (Å²) in [7, 11) is 3.42. The van der Waals surface area contributed by atoms with E-state index in [1.807, 2.05) is 44.3 Å². The summed E-state index contributed by atoms with van der Waals surface area (Å²) in [5, 5.41) is 3.96. The number of hydrogen-bond acceptors (Lipinski definition) is 4. The number of halogens is 1. The Hall–Kier alpha value is -3.47. The number of methoxy groups -OCH3 is 1. The monoisotopic (exact) mass is 419 g/mol. The molecular formula is C26H30FN3O. The van der Waals surface area contributed by atoms with Crippen LogP contribution in [0.3, 0.4) is 0 Å². The number of anilines is 1. The quantitative estimate of drug-likeness (QED) is 0.435. The van der Waals surface area contributed by atoms with Gasteiger partial charge in [0.05, 0.1) is 7.11 Å². The minimum absolute atomic E-state index is 0.282. The van der Waals surface area contributed by atoms with Crippen molar-refractivity contribution in [3.8, 4) is 16.9 Å². The zero-order valence-corrected chi connectivity index (χ0v) is 18.9. The van der Waals surface area contributed by atoms with Gasteiger partial charge in [-0.2, -0.15) is 0 Å². The van der Waals surface area contributed by atoms with Gasteiger partial charge in [0.15, 0.2) is 11.6 Å². The summed E-state index contributed by atoms with van der Waals surface area (Å²) >= 11 is 0. The fourth-order valence-corrected chi connectivity index (χ4v) is 2.99. The lowest BCUT2D eigenvalue weighted by molar-refractivity contribution is 0.420. The van der Waals surface area contributed by atoms with E-state index in [0.29, 0.717) is 22.9 Å². The van der Waals surface area contributed by atoms with Crippen molar-refractivity contribution in [1.82, 2.24) is 9.97 Å². The van der Waals surface area contributed by atoms with Crippen molar-refractivity contribution in [1.29, 1.82) is 0 Å². The second kappa shape index (κ2) is 11.6. The van der Waals surface area contributed by atoms with E-state index < -0.39 is 0 Å². The molecule has 31 heavy (non-hydrogen) atoms. The van der Waals surface area contributed by atoms with Crippen LogP contribution >= 0.6 is 0 Å². The van der Waals surface area contributed by atoms with Crippen molar-refractivity contribution in [2.75, 3.05) is 19.5 Å². The topological polar surface area (TPSA) is 47.0 Å². The zero-order valence-electron chi connectivity index (χ0n) is 18.9. The van der Waals surface area contributed by atoms with Crippen molar-refractivity contribution < 1.29 is 9.13 Å². The fourth-order valence-electron chi connectivity index (χ4n) is 2.99. The molecule has 0 saturated heterocycles. The normalized spacial score (nSPS) is 11.2. The van der Waals surface area contributed by atoms with Crippen LogP contribution in [0.1, 0.15) is 33.0 Å². The number of benzene rings is 2. The maximum Gasteiger partial charge on any atom is 0.162 e. The van der Waals surface area contributed by atoms with Crippen LogP contribution in [0.4, 0.5) is 10.2 Å². The molecule has 1 heterocycles. The van der Waals surface area contributed by atoms with Gasteiger partial charge in [0, 0.05) is 23.6 Å². The molecule has 2 aromatic carbocycles. The average Bonchev–Trinajstić information content (AvgIpc) is 2.79. The van der Waals surface area contributed by atoms with Crippen LogP contribution in [0.15, 0.2) is 67.3 Å². The van der Waals surface area contributed by atoms with Crippen LogP contribution < -0.4 is 10.1 Å². The van der Waals surface area contributed by atoms with Crippen molar-refractivity contribution >= 4 is 22.3 Å². The molecule has 4 nitrogen and oxygen atoms in total. The third-order valence-corrected chi connectivity index (χ3v) is 4.36. The molecule has 0 atom stereocenters. The summed E-state index contributed by atoms with van der Waals surface area (Å²) in [5.41, 5.74) is 3.15. The number of fused-ring (bicyclic) bond motifs is 1. The SMILES string of the molecule is C=C/C(=C\C=C/C)c1nc(NC)c2ccc(-c3ccc(F)cc3)c(OC)c2n1.CCC. The van der Waals surface area contributed by atoms with E-state index in [0.717, 1.165) is 22.1 Å². The molecule has 0 unspecified atom stereocenters. The van der Waals surface area contributed by atoms with Gasteiger partial charge < -0.3 is 10.1 Å². The van der Waals surface area contributed by atoms with Gasteiger partial charge in [0.1, 0.15) is 17.2 Å². The van der Waals surface area contributed by atoms with Crippen LogP contribution in [-0.2, 0) is 0 Å². The predicted molar refractivity (Wildman–Crippen MR) is 130 cm³/mol. The minimum Gasteiger partial charge on any atom is -0.494 e. The molecule has 0 radical (unpaired) electrons. The number of aromatic nitrogens is 2. The van der Waals surface area contributed by atoms with Gasteiger partial charge in [-0.3, -0.25) is 0 Å². The molecule has 5 heteroatoms. The Morgan fingerprint density at radius 1 is 1.13 bits per heavy atom. The molecule has 0 saturated carbocycles. The van der Waals surface area contributed by atoms with Gasteiger partial charge >= 0.3 is 0 Å². The van der Waals surface area contributed by atoms with Crippen LogP contribution in [0, 0.1) is 5.82 Å². The lowest BCUT2D eigenvalue weighted by atomic mass is 10.0. The molecule has 0 fully saturated rings. The molecule has 0 aliphatic rings. The lowest BCUT2D eigenvalue weighted by Crippen LogP contribution is -2.02. The molecule has 1 N–H and O–H groups in total. The molecule has 0 bridgehead atoms. The summed E-state index contributed by atoms with van der Waals surface area (Å²) in [6, 6.07) is 10.2. The summed E-state index contributed by atoms with van der Waals surface area (Å²) in [4.78, 5) is 9.39. The first-order valence-electron chi connectivity index (χ1n) is 10.3. The first kappa shape index (κ1) is 23.8. The molecule has 0 spiro atoms. The third-order valence-electron chi connectivity index (χ3n) is 4.36. The highest BCUT2D eigenvalue weighted by molar-refractivity contribution is 5.99. The lowest BCUT2D eigenvalue weighted by Gasteiger charge is -2.15. The van der Waals surface area contributed by atoms with Crippen LogP contribution in [0.25, 0.3) is 27.6 Å². The number of ether oxygens (including phenoxy) is 1. The molecule has 3 aromatic rings. The van der Waals surface area contributed by atoms with E-state index in [9.17, 15) is 4.39 Å². The Morgan fingerprint density at radius 3 is 2.35 bits per heavy atom. The standard InChI is InChI=1S/C23H22FN3O.C3H8/c1-5-7-8-15(6-2)22-26-20-19(23(25-3)27-22)14-13-18(21(20)28-4)16-9-11-17(24)12-10-16;1-3-2/h5-14H,2H2,1,3-4H3,(H,25,26,27);3H2,1-2H3/b7-5-,15-8+;. The number of allylic oxidation sites excluding steroid dienone is 5. The Kier molecular flexibility index (Phi) is 8.94. The molecule has 0 aliphatic carbocycles. The average molecular weight is 420 g/mol. The van der Waals surface area contributed by atoms with Crippen molar-refractivity contribution in [3.05, 3.63) is 78.9 Å². The molecule has 162 valence electrons. The van der Waals surface area contributed by atoms with E-state index in [4.69, 9.17) is 9.72 Å². The number of hydrogen-bond donors (Lipinski definition) is 1. The summed E-state index contributed by atoms with van der Waals surface area (Å²) in [6.07, 6.45) is 8.72. The first-order chi connectivity index (χ1) is 15.0. The summed E-state index contributed by atoms with van der Waals surface area (Å²) < 4.78 is 19.1. The number of rotatable bonds is 6. The highest BCUT2D eigenvalue weighted by Crippen LogP contribution is 2.38. The van der Waals surface area contributed by atoms with Gasteiger partial charge in [-0.25, -0.2) is 14.4 Å². The zero-order chi connectivity index (χ0) is 22.8. The van der Waals surface area contributed by atoms with Crippen LogP contribution in [-0.4, -0.2) is 24.1 Å². The number of nitrogens with one attached hydrogen (secondary N) is 1. The Morgan fingerprint density at radius 2 is 1.81 bits per heavy atom. The molecule has 1 aromatic heterocycles. The van der Waals surface area contributed by atoms with Crippen molar-refractivity contribution in [2.24, 2.45) is 0 Å². The summed E-state index contributed by atoms with van der Waals surface area (Å²) in [6.45, 7) is 10.1. The second-order valence-corrected chi connectivity index (χ2v) is 6.75. The van der Waals surface area contributed by atoms with Gasteiger partial charge in [-0.1, -0.05) is 63.3 Å². The van der Waals surface area contributed by atoms with Gasteiger partial charge in [-0.05, 0) is 36.8 Å². The highest BCUT2D eigenvalue weighted by Gasteiger charge is 2.16. The second-order valence-electron chi connectivity index (χ2n) is 6.75. The Labute approximate surface area is 184 Å². The van der Waals surface area contributed by atoms with Crippen LogP contribution in [0.5, 0.6) is 5.75 Å². The molecule has 0 amide bonds. The summed E-state index contributed by atoms with van der Waals surface area (Å²) in [5.74, 6) is 1.56. The predicted octanol–water partition coefficient (Wildman–Crippen LogP) is 7.05. The minimum atomic E-state index is -0.282. The van der Waals surface area contributed by atoms with Gasteiger partial charge in [0.2, 0.25) is 0 Å². The van der Waals surface area contributed by atoms with E-state index in [1.165, 1.54) is 18.6 Å². The smallest absolute Gasteiger partial charge is 0.162 e. The van der Waals surface area contributed by atoms with Gasteiger partial charge in [0.25, 0.3) is 0 Å². The van der Waals surface area contributed by atoms with Crippen LogP contribution in [0.2, 0.25) is 0 Å². The Balaban J connectivity index is 0.00000107. The maximum atomic E-state index is 13.3. The maximum absolute atomic E-state index is 13.3. The largest absolute Gasteiger partial charge is 0.494 e. The molecule has 0 aliphatic heterocycles. The highest BCUT2D eigenvalue weighted by atomic mass is 19.1. The van der Waals surface area contributed by atoms with E-state index in [1.54, 1.807) is 25.3 Å². The number of nitrogens with zero attached hydrogens (tertiary/aromatic N) is 2. The molecule has 3 rings (SSSR count). The van der Waals surface area contributed by atoms with E-state index in [-0.39, 0.29) is 5.82 Å². The third kappa shape index (κ3) is 5.57. The van der Waals surface area contributed by atoms with E-state index >= 15 is 0 Å². The van der Waals surface area contributed by atoms with E-state index in [2.05, 4.69) is 30.7 Å². The van der Waals surface area contributed by atoms with Crippen molar-refractivity contribution in [3.63, 3.8) is 0 Å². The molecular weight excluding hydrogens is 389 g/mol. The Bertz CT molecular complexity index is 1090.